The first kappa shape index (κ1) is 20.6. The van der Waals surface area contributed by atoms with Crippen LogP contribution in [0.3, 0.4) is 0 Å². The molecule has 2 aromatic heterocycles. The molecule has 3 aromatic rings. The number of esters is 1. The fourth-order valence-corrected chi connectivity index (χ4v) is 3.77. The van der Waals surface area contributed by atoms with E-state index >= 15 is 0 Å². The van der Waals surface area contributed by atoms with Crippen LogP contribution in [0.4, 0.5) is 0 Å². The van der Waals surface area contributed by atoms with Crippen LogP contribution in [0, 0.1) is 18.3 Å². The van der Waals surface area contributed by atoms with Crippen molar-refractivity contribution in [3.05, 3.63) is 58.9 Å². The molecule has 1 aromatic carbocycles. The van der Waals surface area contributed by atoms with E-state index in [9.17, 15) is 10.1 Å². The van der Waals surface area contributed by atoms with Crippen LogP contribution in [-0.2, 0) is 22.4 Å². The van der Waals surface area contributed by atoms with Gasteiger partial charge in [-0.15, -0.1) is 0 Å². The van der Waals surface area contributed by atoms with E-state index in [1.807, 2.05) is 36.6 Å². The number of ether oxygens (including phenoxy) is 1. The summed E-state index contributed by atoms with van der Waals surface area (Å²) < 4.78 is 7.04. The molecule has 0 unspecified atom stereocenters. The predicted octanol–water partition coefficient (Wildman–Crippen LogP) is 5.02. The first-order valence-electron chi connectivity index (χ1n) is 10.2. The number of carbonyl (C=O) groups excluding carboxylic acids is 1. The number of rotatable bonds is 8. The minimum Gasteiger partial charge on any atom is -0.466 e. The lowest BCUT2D eigenvalue weighted by atomic mass is 9.94. The molecule has 29 heavy (non-hydrogen) atoms. The Balaban J connectivity index is 2.00. The Morgan fingerprint density at radius 3 is 2.76 bits per heavy atom. The second-order valence-electron chi connectivity index (χ2n) is 7.12. The number of aryl methyl sites for hydroxylation is 2. The van der Waals surface area contributed by atoms with Gasteiger partial charge in [0.2, 0.25) is 0 Å². The van der Waals surface area contributed by atoms with Gasteiger partial charge in [0.15, 0.2) is 0 Å². The molecule has 3 rings (SSSR count). The van der Waals surface area contributed by atoms with Crippen molar-refractivity contribution in [1.29, 1.82) is 5.26 Å². The highest BCUT2D eigenvalue weighted by Crippen LogP contribution is 2.33. The van der Waals surface area contributed by atoms with Crippen molar-refractivity contribution in [2.75, 3.05) is 6.61 Å². The summed E-state index contributed by atoms with van der Waals surface area (Å²) in [6.45, 7) is 6.41. The van der Waals surface area contributed by atoms with E-state index in [1.165, 1.54) is 5.56 Å². The van der Waals surface area contributed by atoms with Crippen molar-refractivity contribution in [3.63, 3.8) is 0 Å². The van der Waals surface area contributed by atoms with Gasteiger partial charge in [-0.25, -0.2) is 4.52 Å². The highest BCUT2D eigenvalue weighted by atomic mass is 16.5. The molecule has 0 radical (unpaired) electrons. The first-order valence-corrected chi connectivity index (χ1v) is 10.2. The maximum atomic E-state index is 11.6. The SMILES string of the molecule is CCOC(=O)CCCCc1c(C)nn2c(CC)ccc2c1-c1cccc(C#N)c1. The second-order valence-corrected chi connectivity index (χ2v) is 7.12. The molecule has 5 nitrogen and oxygen atoms in total. The maximum Gasteiger partial charge on any atom is 0.305 e. The van der Waals surface area contributed by atoms with Crippen LogP contribution in [0.2, 0.25) is 0 Å². The van der Waals surface area contributed by atoms with E-state index in [1.54, 1.807) is 0 Å². The van der Waals surface area contributed by atoms with Gasteiger partial charge < -0.3 is 4.74 Å². The zero-order valence-electron chi connectivity index (χ0n) is 17.4. The van der Waals surface area contributed by atoms with Crippen molar-refractivity contribution in [2.24, 2.45) is 0 Å². The third kappa shape index (κ3) is 4.48. The number of hydrogen-bond acceptors (Lipinski definition) is 4. The van der Waals surface area contributed by atoms with Crippen molar-refractivity contribution in [3.8, 4) is 17.2 Å². The lowest BCUT2D eigenvalue weighted by Crippen LogP contribution is -2.07. The Hall–Kier alpha value is -3.13. The largest absolute Gasteiger partial charge is 0.466 e. The fourth-order valence-electron chi connectivity index (χ4n) is 3.77. The van der Waals surface area contributed by atoms with Gasteiger partial charge in [0.25, 0.3) is 0 Å². The number of unbranched alkanes of at least 4 members (excludes halogenated alkanes) is 1. The summed E-state index contributed by atoms with van der Waals surface area (Å²) in [5.74, 6) is -0.140. The number of nitriles is 1. The van der Waals surface area contributed by atoms with Crippen LogP contribution in [0.5, 0.6) is 0 Å². The van der Waals surface area contributed by atoms with Gasteiger partial charge in [-0.3, -0.25) is 4.79 Å². The summed E-state index contributed by atoms with van der Waals surface area (Å²) in [6.07, 6.45) is 3.82. The van der Waals surface area contributed by atoms with Gasteiger partial charge >= 0.3 is 5.97 Å². The van der Waals surface area contributed by atoms with Gasteiger partial charge in [0.1, 0.15) is 0 Å². The first-order chi connectivity index (χ1) is 14.1. The number of aromatic nitrogens is 2. The minimum absolute atomic E-state index is 0.140. The highest BCUT2D eigenvalue weighted by Gasteiger charge is 2.17. The summed E-state index contributed by atoms with van der Waals surface area (Å²) >= 11 is 0. The topological polar surface area (TPSA) is 67.4 Å². The molecule has 0 fully saturated rings. The third-order valence-corrected chi connectivity index (χ3v) is 5.18. The number of hydrogen-bond donors (Lipinski definition) is 0. The standard InChI is InChI=1S/C24H27N3O2/c1-4-20-13-14-22-24(19-10-8-9-18(15-19)16-25)21(17(3)26-27(20)22)11-6-7-12-23(28)29-5-2/h8-10,13-15H,4-7,11-12H2,1-3H3. The molecule has 0 atom stereocenters. The molecular formula is C24H27N3O2. The quantitative estimate of drug-likeness (QED) is 0.401. The Kier molecular flexibility index (Phi) is 6.66. The smallest absolute Gasteiger partial charge is 0.305 e. The van der Waals surface area contributed by atoms with Gasteiger partial charge in [0.05, 0.1) is 29.5 Å². The second kappa shape index (κ2) is 9.38. The summed E-state index contributed by atoms with van der Waals surface area (Å²) in [5.41, 5.74) is 7.18. The van der Waals surface area contributed by atoms with E-state index in [0.29, 0.717) is 18.6 Å². The minimum atomic E-state index is -0.140. The van der Waals surface area contributed by atoms with Gasteiger partial charge in [0, 0.05) is 17.7 Å². The lowest BCUT2D eigenvalue weighted by molar-refractivity contribution is -0.143. The lowest BCUT2D eigenvalue weighted by Gasteiger charge is -2.16. The van der Waals surface area contributed by atoms with Crippen LogP contribution in [0.1, 0.15) is 55.6 Å². The zero-order valence-corrected chi connectivity index (χ0v) is 17.4. The molecular weight excluding hydrogens is 362 g/mol. The summed E-state index contributed by atoms with van der Waals surface area (Å²) in [6, 6.07) is 14.2. The normalized spacial score (nSPS) is 10.8. The molecule has 0 spiro atoms. The average molecular weight is 389 g/mol. The van der Waals surface area contributed by atoms with Gasteiger partial charge in [-0.05, 0) is 74.9 Å². The van der Waals surface area contributed by atoms with E-state index in [2.05, 4.69) is 31.2 Å². The Morgan fingerprint density at radius 1 is 1.21 bits per heavy atom. The maximum absolute atomic E-state index is 11.6. The van der Waals surface area contributed by atoms with Crippen LogP contribution >= 0.6 is 0 Å². The van der Waals surface area contributed by atoms with E-state index in [4.69, 9.17) is 9.84 Å². The van der Waals surface area contributed by atoms with Crippen molar-refractivity contribution < 1.29 is 9.53 Å². The molecule has 5 heteroatoms. The number of fused-ring (bicyclic) bond motifs is 1. The summed E-state index contributed by atoms with van der Waals surface area (Å²) in [7, 11) is 0. The molecule has 0 aliphatic carbocycles. The molecule has 0 N–H and O–H groups in total. The van der Waals surface area contributed by atoms with Gasteiger partial charge in [-0.2, -0.15) is 10.4 Å². The average Bonchev–Trinajstić information content (AvgIpc) is 3.13. The summed E-state index contributed by atoms with van der Waals surface area (Å²) in [5, 5.41) is 14.2. The molecule has 0 aliphatic heterocycles. The molecule has 0 saturated carbocycles. The van der Waals surface area contributed by atoms with Gasteiger partial charge in [-0.1, -0.05) is 19.1 Å². The predicted molar refractivity (Wildman–Crippen MR) is 114 cm³/mol. The van der Waals surface area contributed by atoms with Crippen molar-refractivity contribution in [2.45, 2.75) is 52.9 Å². The molecule has 2 heterocycles. The Morgan fingerprint density at radius 2 is 2.03 bits per heavy atom. The van der Waals surface area contributed by atoms with Crippen molar-refractivity contribution >= 4 is 11.5 Å². The monoisotopic (exact) mass is 389 g/mol. The molecule has 0 amide bonds. The molecule has 0 aliphatic rings. The Labute approximate surface area is 171 Å². The number of nitrogens with zero attached hydrogens (tertiary/aromatic N) is 3. The Bertz CT molecular complexity index is 1060. The number of benzene rings is 1. The van der Waals surface area contributed by atoms with Crippen LogP contribution in [-0.4, -0.2) is 22.2 Å². The molecule has 150 valence electrons. The highest BCUT2D eigenvalue weighted by molar-refractivity contribution is 5.84. The van der Waals surface area contributed by atoms with Crippen LogP contribution in [0.25, 0.3) is 16.6 Å². The van der Waals surface area contributed by atoms with Crippen LogP contribution < -0.4 is 0 Å². The summed E-state index contributed by atoms with van der Waals surface area (Å²) in [4.78, 5) is 11.6. The number of carbonyl (C=O) groups is 1. The van der Waals surface area contributed by atoms with E-state index in [0.717, 1.165) is 53.7 Å². The molecule has 0 bridgehead atoms. The van der Waals surface area contributed by atoms with E-state index in [-0.39, 0.29) is 5.97 Å². The van der Waals surface area contributed by atoms with Crippen LogP contribution in [0.15, 0.2) is 36.4 Å². The fraction of sp³-hybridized carbons (Fsp3) is 0.375. The van der Waals surface area contributed by atoms with Crippen molar-refractivity contribution in [1.82, 2.24) is 9.61 Å². The third-order valence-electron chi connectivity index (χ3n) is 5.18. The molecule has 0 saturated heterocycles. The zero-order chi connectivity index (χ0) is 20.8. The van der Waals surface area contributed by atoms with E-state index < -0.39 is 0 Å².